The van der Waals surface area contributed by atoms with Gasteiger partial charge in [-0.25, -0.2) is 9.78 Å². The van der Waals surface area contributed by atoms with Crippen molar-refractivity contribution < 1.29 is 14.3 Å². The van der Waals surface area contributed by atoms with Crippen LogP contribution in [0.4, 0.5) is 15.6 Å². The molecule has 0 aliphatic heterocycles. The summed E-state index contributed by atoms with van der Waals surface area (Å²) in [7, 11) is 1.60. The number of amides is 3. The van der Waals surface area contributed by atoms with Gasteiger partial charge in [0, 0.05) is 19.2 Å². The van der Waals surface area contributed by atoms with Crippen LogP contribution in [0.5, 0.6) is 5.75 Å². The van der Waals surface area contributed by atoms with Crippen molar-refractivity contribution in [2.75, 3.05) is 17.7 Å². The fourth-order valence-corrected chi connectivity index (χ4v) is 3.30. The second kappa shape index (κ2) is 7.83. The summed E-state index contributed by atoms with van der Waals surface area (Å²) in [6, 6.07) is 12.6. The van der Waals surface area contributed by atoms with E-state index in [1.54, 1.807) is 19.2 Å². The number of urea groups is 1. The number of benzene rings is 2. The summed E-state index contributed by atoms with van der Waals surface area (Å²) in [6.07, 6.45) is 0. The molecule has 3 aromatic rings. The van der Waals surface area contributed by atoms with Crippen LogP contribution in [0.3, 0.4) is 0 Å². The van der Waals surface area contributed by atoms with E-state index in [4.69, 9.17) is 4.74 Å². The van der Waals surface area contributed by atoms with E-state index >= 15 is 0 Å². The lowest BCUT2D eigenvalue weighted by atomic mass is 10.2. The number of anilines is 2. The zero-order valence-electron chi connectivity index (χ0n) is 14.3. The lowest BCUT2D eigenvalue weighted by Gasteiger charge is -2.08. The first-order chi connectivity index (χ1) is 12.5. The number of aromatic nitrogens is 1. The minimum atomic E-state index is -0.307. The molecule has 134 valence electrons. The van der Waals surface area contributed by atoms with Gasteiger partial charge in [-0.2, -0.15) is 0 Å². The number of ether oxygens (including phenoxy) is 1. The number of methoxy groups -OCH3 is 1. The van der Waals surface area contributed by atoms with Crippen molar-refractivity contribution in [2.24, 2.45) is 0 Å². The molecule has 3 rings (SSSR count). The quantitative estimate of drug-likeness (QED) is 0.640. The molecule has 0 unspecified atom stereocenters. The molecule has 0 radical (unpaired) electrons. The van der Waals surface area contributed by atoms with Crippen LogP contribution in [-0.2, 0) is 11.3 Å². The maximum absolute atomic E-state index is 12.1. The molecular formula is C18H18N4O3S. The Hall–Kier alpha value is -3.13. The summed E-state index contributed by atoms with van der Waals surface area (Å²) in [4.78, 5) is 27.5. The number of carbonyl (C=O) groups excluding carboxylic acids is 2. The fourth-order valence-electron chi connectivity index (χ4n) is 2.35. The van der Waals surface area contributed by atoms with E-state index in [1.165, 1.54) is 18.3 Å². The van der Waals surface area contributed by atoms with Gasteiger partial charge >= 0.3 is 6.03 Å². The highest BCUT2D eigenvalue weighted by Crippen LogP contribution is 2.28. The number of nitrogens with zero attached hydrogens (tertiary/aromatic N) is 1. The number of hydrogen-bond acceptors (Lipinski definition) is 5. The molecule has 0 spiro atoms. The Balaban J connectivity index is 1.62. The third kappa shape index (κ3) is 4.48. The minimum absolute atomic E-state index is 0.167. The predicted molar refractivity (Wildman–Crippen MR) is 103 cm³/mol. The molecule has 3 N–H and O–H groups in total. The summed E-state index contributed by atoms with van der Waals surface area (Å²) < 4.78 is 6.04. The highest BCUT2D eigenvalue weighted by atomic mass is 32.1. The van der Waals surface area contributed by atoms with E-state index in [1.807, 2.05) is 30.3 Å². The first-order valence-corrected chi connectivity index (χ1v) is 8.71. The van der Waals surface area contributed by atoms with Crippen LogP contribution < -0.4 is 20.7 Å². The average molecular weight is 370 g/mol. The van der Waals surface area contributed by atoms with Gasteiger partial charge in [-0.3, -0.25) is 4.79 Å². The molecule has 0 aliphatic carbocycles. The minimum Gasteiger partial charge on any atom is -0.497 e. The number of nitrogens with one attached hydrogen (secondary N) is 3. The van der Waals surface area contributed by atoms with Crippen molar-refractivity contribution >= 4 is 44.3 Å². The van der Waals surface area contributed by atoms with Crippen molar-refractivity contribution in [3.63, 3.8) is 0 Å². The highest BCUT2D eigenvalue weighted by molar-refractivity contribution is 7.22. The topological polar surface area (TPSA) is 92.3 Å². The molecule has 1 heterocycles. The lowest BCUT2D eigenvalue weighted by molar-refractivity contribution is -0.114. The van der Waals surface area contributed by atoms with Crippen LogP contribution in [0, 0.1) is 0 Å². The van der Waals surface area contributed by atoms with Gasteiger partial charge in [-0.05, 0) is 35.9 Å². The Morgan fingerprint density at radius 3 is 2.77 bits per heavy atom. The van der Waals surface area contributed by atoms with Gasteiger partial charge in [0.05, 0.1) is 17.3 Å². The molecule has 2 aromatic carbocycles. The summed E-state index contributed by atoms with van der Waals surface area (Å²) in [5.74, 6) is 0.578. The maximum Gasteiger partial charge on any atom is 0.319 e. The van der Waals surface area contributed by atoms with Crippen LogP contribution in [0.2, 0.25) is 0 Å². The van der Waals surface area contributed by atoms with Crippen molar-refractivity contribution in [3.8, 4) is 5.75 Å². The Morgan fingerprint density at radius 1 is 1.15 bits per heavy atom. The summed E-state index contributed by atoms with van der Waals surface area (Å²) in [6.45, 7) is 1.82. The van der Waals surface area contributed by atoms with Crippen molar-refractivity contribution in [1.82, 2.24) is 10.3 Å². The summed E-state index contributed by atoms with van der Waals surface area (Å²) >= 11 is 1.35. The van der Waals surface area contributed by atoms with Gasteiger partial charge in [-0.15, -0.1) is 0 Å². The average Bonchev–Trinajstić information content (AvgIpc) is 3.00. The molecule has 0 saturated carbocycles. The second-order valence-corrected chi connectivity index (χ2v) is 6.57. The number of fused-ring (bicyclic) bond motifs is 1. The third-order valence-electron chi connectivity index (χ3n) is 3.52. The first-order valence-electron chi connectivity index (χ1n) is 7.89. The summed E-state index contributed by atoms with van der Waals surface area (Å²) in [5, 5.41) is 8.79. The van der Waals surface area contributed by atoms with Gasteiger partial charge in [-0.1, -0.05) is 23.5 Å². The molecule has 7 nitrogen and oxygen atoms in total. The molecule has 8 heteroatoms. The van der Waals surface area contributed by atoms with E-state index < -0.39 is 0 Å². The SMILES string of the molecule is COc1cccc(CNC(=O)Nc2ccc3nc(NC(C)=O)sc3c2)c1. The molecule has 0 atom stereocenters. The predicted octanol–water partition coefficient (Wildman–Crippen LogP) is 3.59. The van der Waals surface area contributed by atoms with Gasteiger partial charge in [0.2, 0.25) is 5.91 Å². The number of hydrogen-bond donors (Lipinski definition) is 3. The van der Waals surface area contributed by atoms with E-state index in [0.29, 0.717) is 17.4 Å². The summed E-state index contributed by atoms with van der Waals surface area (Å²) in [5.41, 5.74) is 2.36. The Kier molecular flexibility index (Phi) is 5.33. The van der Waals surface area contributed by atoms with E-state index in [2.05, 4.69) is 20.9 Å². The normalized spacial score (nSPS) is 10.4. The zero-order chi connectivity index (χ0) is 18.5. The maximum atomic E-state index is 12.1. The third-order valence-corrected chi connectivity index (χ3v) is 4.45. The lowest BCUT2D eigenvalue weighted by Crippen LogP contribution is -2.28. The van der Waals surface area contributed by atoms with Crippen LogP contribution in [0.25, 0.3) is 10.2 Å². The molecule has 0 saturated heterocycles. The number of carbonyl (C=O) groups is 2. The van der Waals surface area contributed by atoms with Crippen molar-refractivity contribution in [2.45, 2.75) is 13.5 Å². The van der Waals surface area contributed by atoms with Crippen LogP contribution in [-0.4, -0.2) is 24.0 Å². The monoisotopic (exact) mass is 370 g/mol. The smallest absolute Gasteiger partial charge is 0.319 e. The first kappa shape index (κ1) is 17.7. The molecule has 26 heavy (non-hydrogen) atoms. The van der Waals surface area contributed by atoms with Crippen LogP contribution in [0.1, 0.15) is 12.5 Å². The molecule has 3 amide bonds. The molecule has 0 aliphatic rings. The number of rotatable bonds is 5. The van der Waals surface area contributed by atoms with Gasteiger partial charge in [0.15, 0.2) is 5.13 Å². The van der Waals surface area contributed by atoms with Gasteiger partial charge < -0.3 is 20.7 Å². The fraction of sp³-hybridized carbons (Fsp3) is 0.167. The Bertz CT molecular complexity index is 955. The molecular weight excluding hydrogens is 352 g/mol. The second-order valence-electron chi connectivity index (χ2n) is 5.54. The van der Waals surface area contributed by atoms with E-state index in [9.17, 15) is 9.59 Å². The molecule has 0 fully saturated rings. The Morgan fingerprint density at radius 2 is 2.00 bits per heavy atom. The highest BCUT2D eigenvalue weighted by Gasteiger charge is 2.08. The van der Waals surface area contributed by atoms with E-state index in [0.717, 1.165) is 21.5 Å². The van der Waals surface area contributed by atoms with Crippen LogP contribution >= 0.6 is 11.3 Å². The molecule has 0 bridgehead atoms. The van der Waals surface area contributed by atoms with Crippen molar-refractivity contribution in [3.05, 3.63) is 48.0 Å². The largest absolute Gasteiger partial charge is 0.497 e. The van der Waals surface area contributed by atoms with Gasteiger partial charge in [0.1, 0.15) is 5.75 Å². The Labute approximate surface area is 154 Å². The van der Waals surface area contributed by atoms with Crippen molar-refractivity contribution in [1.29, 1.82) is 0 Å². The van der Waals surface area contributed by atoms with Crippen LogP contribution in [0.15, 0.2) is 42.5 Å². The standard InChI is InChI=1S/C18H18N4O3S/c1-11(23)20-18-22-15-7-6-13(9-16(15)26-18)21-17(24)19-10-12-4-3-5-14(8-12)25-2/h3-9H,10H2,1-2H3,(H2,19,21,24)(H,20,22,23). The van der Waals surface area contributed by atoms with E-state index in [-0.39, 0.29) is 11.9 Å². The van der Waals surface area contributed by atoms with Gasteiger partial charge in [0.25, 0.3) is 0 Å². The number of thiazole rings is 1. The molecule has 1 aromatic heterocycles. The zero-order valence-corrected chi connectivity index (χ0v) is 15.1.